The Morgan fingerprint density at radius 2 is 1.73 bits per heavy atom. The van der Waals surface area contributed by atoms with Crippen LogP contribution >= 0.6 is 0 Å². The van der Waals surface area contributed by atoms with Gasteiger partial charge in [0.2, 0.25) is 5.82 Å². The molecule has 2 aromatic heterocycles. The van der Waals surface area contributed by atoms with E-state index in [-0.39, 0.29) is 11.2 Å². The summed E-state index contributed by atoms with van der Waals surface area (Å²) in [7, 11) is 2.20. The minimum absolute atomic E-state index is 0.0921. The SMILES string of the molecule is CN1CCN(CCCOc2cccc(N3CCN(Cc4cc5cnc(C#N)nc5n4CC(C)(C)C)CC3)c2)CC1. The molecular formula is C31H44N8O. The molecule has 3 aromatic rings. The van der Waals surface area contributed by atoms with Gasteiger partial charge in [-0.3, -0.25) is 4.90 Å². The van der Waals surface area contributed by atoms with Crippen LogP contribution in [0, 0.1) is 16.7 Å². The van der Waals surface area contributed by atoms with Crippen molar-refractivity contribution in [1.82, 2.24) is 29.2 Å². The molecule has 40 heavy (non-hydrogen) atoms. The largest absolute Gasteiger partial charge is 0.493 e. The van der Waals surface area contributed by atoms with E-state index < -0.39 is 0 Å². The number of anilines is 1. The number of rotatable bonds is 9. The first-order valence-electron chi connectivity index (χ1n) is 14.6. The molecular weight excluding hydrogens is 500 g/mol. The van der Waals surface area contributed by atoms with Gasteiger partial charge in [-0.15, -0.1) is 0 Å². The molecule has 0 aliphatic carbocycles. The summed E-state index contributed by atoms with van der Waals surface area (Å²) in [5.74, 6) is 1.19. The molecule has 2 aliphatic rings. The van der Waals surface area contributed by atoms with Gasteiger partial charge in [0.25, 0.3) is 0 Å². The first kappa shape index (κ1) is 28.3. The first-order chi connectivity index (χ1) is 19.3. The summed E-state index contributed by atoms with van der Waals surface area (Å²) in [6, 6.07) is 12.9. The quantitative estimate of drug-likeness (QED) is 0.378. The average molecular weight is 545 g/mol. The molecule has 0 bridgehead atoms. The number of benzene rings is 1. The lowest BCUT2D eigenvalue weighted by molar-refractivity contribution is 0.145. The zero-order valence-electron chi connectivity index (χ0n) is 24.6. The van der Waals surface area contributed by atoms with Crippen molar-refractivity contribution in [2.75, 3.05) is 77.5 Å². The van der Waals surface area contributed by atoms with Crippen molar-refractivity contribution in [3.63, 3.8) is 0 Å². The molecule has 0 radical (unpaired) electrons. The molecule has 2 saturated heterocycles. The second-order valence-electron chi connectivity index (χ2n) is 12.5. The van der Waals surface area contributed by atoms with Crippen LogP contribution in [0.25, 0.3) is 11.0 Å². The molecule has 1 aromatic carbocycles. The van der Waals surface area contributed by atoms with Crippen LogP contribution in [0.1, 0.15) is 38.7 Å². The van der Waals surface area contributed by atoms with Crippen molar-refractivity contribution in [3.8, 4) is 11.8 Å². The minimum atomic E-state index is 0.0921. The van der Waals surface area contributed by atoms with Crippen molar-refractivity contribution in [3.05, 3.63) is 48.0 Å². The van der Waals surface area contributed by atoms with Gasteiger partial charge in [-0.1, -0.05) is 26.8 Å². The van der Waals surface area contributed by atoms with Gasteiger partial charge in [-0.25, -0.2) is 9.97 Å². The molecule has 0 unspecified atom stereocenters. The Bertz CT molecular complexity index is 1310. The van der Waals surface area contributed by atoms with Gasteiger partial charge in [0.1, 0.15) is 17.5 Å². The zero-order chi connectivity index (χ0) is 28.1. The predicted molar refractivity (Wildman–Crippen MR) is 160 cm³/mol. The third-order valence-electron chi connectivity index (χ3n) is 7.88. The van der Waals surface area contributed by atoms with Gasteiger partial charge < -0.3 is 24.0 Å². The van der Waals surface area contributed by atoms with E-state index in [1.165, 1.54) is 11.4 Å². The molecule has 9 nitrogen and oxygen atoms in total. The number of hydrogen-bond acceptors (Lipinski definition) is 8. The molecule has 4 heterocycles. The van der Waals surface area contributed by atoms with Crippen molar-refractivity contribution in [2.45, 2.75) is 40.3 Å². The highest BCUT2D eigenvalue weighted by Gasteiger charge is 2.22. The fraction of sp³-hybridized carbons (Fsp3) is 0.581. The molecule has 214 valence electrons. The van der Waals surface area contributed by atoms with E-state index in [4.69, 9.17) is 4.74 Å². The minimum Gasteiger partial charge on any atom is -0.493 e. The van der Waals surface area contributed by atoms with Crippen LogP contribution in [0.5, 0.6) is 5.75 Å². The van der Waals surface area contributed by atoms with Crippen LogP contribution in [0.2, 0.25) is 0 Å². The lowest BCUT2D eigenvalue weighted by Gasteiger charge is -2.36. The van der Waals surface area contributed by atoms with Gasteiger partial charge in [0.15, 0.2) is 0 Å². The second-order valence-corrected chi connectivity index (χ2v) is 12.5. The summed E-state index contributed by atoms with van der Waals surface area (Å²) in [5.41, 5.74) is 3.41. The van der Waals surface area contributed by atoms with Gasteiger partial charge in [-0.2, -0.15) is 5.26 Å². The standard InChI is InChI=1S/C31H44N8O/c1-31(2,3)24-39-27(19-25-22-33-29(21-32)34-30(25)39)23-37-14-16-38(17-15-37)26-7-5-8-28(20-26)40-18-6-9-36-12-10-35(4)11-13-36/h5,7-8,19-20,22H,6,9-18,23-24H2,1-4H3. The van der Waals surface area contributed by atoms with Crippen LogP contribution in [0.4, 0.5) is 5.69 Å². The summed E-state index contributed by atoms with van der Waals surface area (Å²) >= 11 is 0. The fourth-order valence-electron chi connectivity index (χ4n) is 5.64. The van der Waals surface area contributed by atoms with E-state index in [2.05, 4.69) is 98.4 Å². The second kappa shape index (κ2) is 12.5. The number of piperazine rings is 2. The molecule has 5 rings (SSSR count). The summed E-state index contributed by atoms with van der Waals surface area (Å²) < 4.78 is 8.43. The topological polar surface area (TPSA) is 76.7 Å². The van der Waals surface area contributed by atoms with Gasteiger partial charge in [-0.05, 0) is 37.1 Å². The Labute approximate surface area is 238 Å². The van der Waals surface area contributed by atoms with Crippen molar-refractivity contribution in [2.24, 2.45) is 5.41 Å². The van der Waals surface area contributed by atoms with E-state index in [1.54, 1.807) is 6.20 Å². The summed E-state index contributed by atoms with van der Waals surface area (Å²) in [4.78, 5) is 18.7. The maximum absolute atomic E-state index is 9.33. The number of nitrogens with zero attached hydrogens (tertiary/aromatic N) is 8. The van der Waals surface area contributed by atoms with Gasteiger partial charge in [0.05, 0.1) is 6.61 Å². The predicted octanol–water partition coefficient (Wildman–Crippen LogP) is 3.69. The maximum Gasteiger partial charge on any atom is 0.234 e. The first-order valence-corrected chi connectivity index (χ1v) is 14.6. The zero-order valence-corrected chi connectivity index (χ0v) is 24.6. The van der Waals surface area contributed by atoms with Crippen molar-refractivity contribution in [1.29, 1.82) is 5.26 Å². The summed E-state index contributed by atoms with van der Waals surface area (Å²) in [6.45, 7) is 18.8. The Hall–Kier alpha value is -3.19. The number of hydrogen-bond donors (Lipinski definition) is 0. The number of ether oxygens (including phenoxy) is 1. The number of likely N-dealkylation sites (N-methyl/N-ethyl adjacent to an activating group) is 1. The molecule has 2 fully saturated rings. The number of fused-ring (bicyclic) bond motifs is 1. The smallest absolute Gasteiger partial charge is 0.234 e. The summed E-state index contributed by atoms with van der Waals surface area (Å²) in [6.07, 6.45) is 2.84. The maximum atomic E-state index is 9.33. The Balaban J connectivity index is 1.15. The van der Waals surface area contributed by atoms with Crippen LogP contribution in [-0.2, 0) is 13.1 Å². The third kappa shape index (κ3) is 7.30. The van der Waals surface area contributed by atoms with Crippen molar-refractivity contribution < 1.29 is 4.74 Å². The van der Waals surface area contributed by atoms with Crippen molar-refractivity contribution >= 4 is 16.7 Å². The molecule has 0 saturated carbocycles. The van der Waals surface area contributed by atoms with Crippen LogP contribution in [0.3, 0.4) is 0 Å². The Morgan fingerprint density at radius 1 is 0.975 bits per heavy atom. The monoisotopic (exact) mass is 544 g/mol. The van der Waals surface area contributed by atoms with E-state index >= 15 is 0 Å². The molecule has 0 N–H and O–H groups in total. The lowest BCUT2D eigenvalue weighted by Crippen LogP contribution is -2.46. The van der Waals surface area contributed by atoms with E-state index in [0.29, 0.717) is 0 Å². The molecule has 0 amide bonds. The van der Waals surface area contributed by atoms with Crippen LogP contribution in [-0.4, -0.2) is 102 Å². The molecule has 0 atom stereocenters. The normalized spacial score (nSPS) is 17.8. The molecule has 0 spiro atoms. The lowest BCUT2D eigenvalue weighted by atomic mass is 9.97. The Kier molecular flexibility index (Phi) is 8.89. The highest BCUT2D eigenvalue weighted by Crippen LogP contribution is 2.27. The highest BCUT2D eigenvalue weighted by atomic mass is 16.5. The third-order valence-corrected chi connectivity index (χ3v) is 7.88. The fourth-order valence-corrected chi connectivity index (χ4v) is 5.64. The van der Waals surface area contributed by atoms with Gasteiger partial charge in [0, 0.05) is 101 Å². The van der Waals surface area contributed by atoms with E-state index in [0.717, 1.165) is 102 Å². The highest BCUT2D eigenvalue weighted by molar-refractivity contribution is 5.77. The average Bonchev–Trinajstić information content (AvgIpc) is 3.27. The molecule has 2 aliphatic heterocycles. The Morgan fingerprint density at radius 3 is 2.45 bits per heavy atom. The van der Waals surface area contributed by atoms with E-state index in [1.807, 2.05) is 0 Å². The molecule has 9 heteroatoms. The number of nitriles is 1. The van der Waals surface area contributed by atoms with E-state index in [9.17, 15) is 5.26 Å². The van der Waals surface area contributed by atoms with Crippen LogP contribution < -0.4 is 9.64 Å². The summed E-state index contributed by atoms with van der Waals surface area (Å²) in [5, 5.41) is 10.3. The van der Waals surface area contributed by atoms with Crippen LogP contribution in [0.15, 0.2) is 36.5 Å². The van der Waals surface area contributed by atoms with Gasteiger partial charge >= 0.3 is 0 Å². The number of aromatic nitrogens is 3.